The lowest BCUT2D eigenvalue weighted by molar-refractivity contribution is 0.143. The van der Waals surface area contributed by atoms with Crippen LogP contribution in [-0.4, -0.2) is 6.04 Å². The van der Waals surface area contributed by atoms with Crippen molar-refractivity contribution in [1.29, 1.82) is 0 Å². The van der Waals surface area contributed by atoms with E-state index < -0.39 is 0 Å². The molecule has 1 fully saturated rings. The molecule has 0 amide bonds. The van der Waals surface area contributed by atoms with Crippen LogP contribution < -0.4 is 5.32 Å². The second-order valence-electron chi connectivity index (χ2n) is 7.29. The van der Waals surface area contributed by atoms with Gasteiger partial charge in [-0.25, -0.2) is 0 Å². The summed E-state index contributed by atoms with van der Waals surface area (Å²) in [6.07, 6.45) is 3.99. The largest absolute Gasteiger partial charge is 0.307 e. The maximum Gasteiger partial charge on any atom is 0.0294 e. The quantitative estimate of drug-likeness (QED) is 0.817. The maximum absolute atomic E-state index is 3.84. The standard InChI is InChI=1S/C18H29N/c1-13-6-8-16(9-7-13)15(3)19-17-10-11-18(4,5)12-14(17)2/h6-9,14-15,17,19H,10-12H2,1-5H3. The monoisotopic (exact) mass is 259 g/mol. The molecule has 0 bridgehead atoms. The number of nitrogens with one attached hydrogen (secondary N) is 1. The molecule has 0 saturated heterocycles. The Bertz CT molecular complexity index is 404. The van der Waals surface area contributed by atoms with E-state index in [2.05, 4.69) is 64.2 Å². The Kier molecular flexibility index (Phi) is 4.35. The predicted octanol–water partition coefficient (Wildman–Crippen LogP) is 4.86. The Morgan fingerprint density at radius 1 is 1.21 bits per heavy atom. The van der Waals surface area contributed by atoms with Crippen LogP contribution in [0.4, 0.5) is 0 Å². The van der Waals surface area contributed by atoms with E-state index in [0.717, 1.165) is 5.92 Å². The topological polar surface area (TPSA) is 12.0 Å². The van der Waals surface area contributed by atoms with Gasteiger partial charge in [0.05, 0.1) is 0 Å². The summed E-state index contributed by atoms with van der Waals surface area (Å²) in [7, 11) is 0. The Hall–Kier alpha value is -0.820. The number of hydrogen-bond donors (Lipinski definition) is 1. The van der Waals surface area contributed by atoms with E-state index >= 15 is 0 Å². The van der Waals surface area contributed by atoms with Crippen molar-refractivity contribution in [1.82, 2.24) is 5.32 Å². The van der Waals surface area contributed by atoms with Gasteiger partial charge in [0, 0.05) is 12.1 Å². The second kappa shape index (κ2) is 5.66. The van der Waals surface area contributed by atoms with Crippen molar-refractivity contribution in [2.45, 2.75) is 66.0 Å². The Morgan fingerprint density at radius 3 is 2.42 bits per heavy atom. The molecule has 0 heterocycles. The highest BCUT2D eigenvalue weighted by atomic mass is 15.0. The summed E-state index contributed by atoms with van der Waals surface area (Å²) in [6, 6.07) is 10.1. The average Bonchev–Trinajstić information content (AvgIpc) is 2.33. The molecule has 3 atom stereocenters. The van der Waals surface area contributed by atoms with Crippen molar-refractivity contribution in [3.8, 4) is 0 Å². The van der Waals surface area contributed by atoms with Gasteiger partial charge in [-0.15, -0.1) is 0 Å². The summed E-state index contributed by atoms with van der Waals surface area (Å²) in [5.41, 5.74) is 3.27. The molecule has 1 aromatic rings. The van der Waals surface area contributed by atoms with Gasteiger partial charge < -0.3 is 5.32 Å². The van der Waals surface area contributed by atoms with Crippen LogP contribution in [0.3, 0.4) is 0 Å². The van der Waals surface area contributed by atoms with Crippen molar-refractivity contribution in [3.05, 3.63) is 35.4 Å². The molecule has 1 aliphatic carbocycles. The minimum absolute atomic E-state index is 0.453. The fraction of sp³-hybridized carbons (Fsp3) is 0.667. The molecule has 0 aliphatic heterocycles. The summed E-state index contributed by atoms with van der Waals surface area (Å²) in [4.78, 5) is 0. The number of benzene rings is 1. The second-order valence-corrected chi connectivity index (χ2v) is 7.29. The third kappa shape index (κ3) is 3.82. The number of hydrogen-bond acceptors (Lipinski definition) is 1. The van der Waals surface area contributed by atoms with Gasteiger partial charge >= 0.3 is 0 Å². The van der Waals surface area contributed by atoms with Crippen molar-refractivity contribution in [2.24, 2.45) is 11.3 Å². The van der Waals surface area contributed by atoms with E-state index in [0.29, 0.717) is 17.5 Å². The van der Waals surface area contributed by atoms with Crippen LogP contribution >= 0.6 is 0 Å². The lowest BCUT2D eigenvalue weighted by Gasteiger charge is -2.40. The molecule has 1 saturated carbocycles. The predicted molar refractivity (Wildman–Crippen MR) is 83.3 cm³/mol. The SMILES string of the molecule is Cc1ccc(C(C)NC2CCC(C)(C)CC2C)cc1. The van der Waals surface area contributed by atoms with Crippen molar-refractivity contribution >= 4 is 0 Å². The third-order valence-electron chi connectivity index (χ3n) is 4.73. The first-order chi connectivity index (χ1) is 8.87. The third-order valence-corrected chi connectivity index (χ3v) is 4.73. The van der Waals surface area contributed by atoms with E-state index in [9.17, 15) is 0 Å². The molecule has 2 rings (SSSR count). The first-order valence-corrected chi connectivity index (χ1v) is 7.70. The minimum Gasteiger partial charge on any atom is -0.307 e. The van der Waals surface area contributed by atoms with Gasteiger partial charge in [-0.2, -0.15) is 0 Å². The van der Waals surface area contributed by atoms with Crippen LogP contribution in [0.1, 0.15) is 64.1 Å². The van der Waals surface area contributed by atoms with Crippen LogP contribution in [0.25, 0.3) is 0 Å². The molecule has 1 nitrogen and oxygen atoms in total. The molecule has 1 N–H and O–H groups in total. The zero-order valence-electron chi connectivity index (χ0n) is 13.2. The van der Waals surface area contributed by atoms with Crippen molar-refractivity contribution in [2.75, 3.05) is 0 Å². The van der Waals surface area contributed by atoms with Crippen LogP contribution in [0.5, 0.6) is 0 Å². The highest BCUT2D eigenvalue weighted by Gasteiger charge is 2.32. The summed E-state index contributed by atoms with van der Waals surface area (Å²) < 4.78 is 0. The molecule has 0 spiro atoms. The van der Waals surface area contributed by atoms with Gasteiger partial charge in [-0.3, -0.25) is 0 Å². The zero-order chi connectivity index (χ0) is 14.0. The van der Waals surface area contributed by atoms with Crippen LogP contribution in [0, 0.1) is 18.3 Å². The maximum atomic E-state index is 3.84. The fourth-order valence-corrected chi connectivity index (χ4v) is 3.47. The molecular formula is C18H29N. The number of rotatable bonds is 3. The van der Waals surface area contributed by atoms with Crippen LogP contribution in [0.15, 0.2) is 24.3 Å². The normalized spacial score (nSPS) is 28.1. The van der Waals surface area contributed by atoms with E-state index in [1.165, 1.54) is 30.4 Å². The van der Waals surface area contributed by atoms with Crippen LogP contribution in [0.2, 0.25) is 0 Å². The van der Waals surface area contributed by atoms with E-state index in [-0.39, 0.29) is 0 Å². The molecule has 106 valence electrons. The molecule has 1 aliphatic rings. The van der Waals surface area contributed by atoms with E-state index in [1.54, 1.807) is 0 Å². The van der Waals surface area contributed by atoms with Gasteiger partial charge in [-0.05, 0) is 50.0 Å². The van der Waals surface area contributed by atoms with Gasteiger partial charge in [-0.1, -0.05) is 50.6 Å². The first kappa shape index (κ1) is 14.6. The minimum atomic E-state index is 0.453. The first-order valence-electron chi connectivity index (χ1n) is 7.70. The van der Waals surface area contributed by atoms with Crippen molar-refractivity contribution < 1.29 is 0 Å². The van der Waals surface area contributed by atoms with Gasteiger partial charge in [0.25, 0.3) is 0 Å². The van der Waals surface area contributed by atoms with Gasteiger partial charge in [0.1, 0.15) is 0 Å². The molecule has 0 aromatic heterocycles. The zero-order valence-corrected chi connectivity index (χ0v) is 13.2. The van der Waals surface area contributed by atoms with Gasteiger partial charge in [0.15, 0.2) is 0 Å². The molecular weight excluding hydrogens is 230 g/mol. The molecule has 19 heavy (non-hydrogen) atoms. The lowest BCUT2D eigenvalue weighted by atomic mass is 9.70. The Morgan fingerprint density at radius 2 is 1.84 bits per heavy atom. The van der Waals surface area contributed by atoms with E-state index in [4.69, 9.17) is 0 Å². The summed E-state index contributed by atoms with van der Waals surface area (Å²) in [5.74, 6) is 0.775. The lowest BCUT2D eigenvalue weighted by Crippen LogP contribution is -2.42. The highest BCUT2D eigenvalue weighted by Crippen LogP contribution is 2.39. The fourth-order valence-electron chi connectivity index (χ4n) is 3.47. The molecule has 1 aromatic carbocycles. The van der Waals surface area contributed by atoms with Gasteiger partial charge in [0.2, 0.25) is 0 Å². The van der Waals surface area contributed by atoms with Crippen molar-refractivity contribution in [3.63, 3.8) is 0 Å². The molecule has 3 unspecified atom stereocenters. The smallest absolute Gasteiger partial charge is 0.0294 e. The summed E-state index contributed by atoms with van der Waals surface area (Å²) >= 11 is 0. The summed E-state index contributed by atoms with van der Waals surface area (Å²) in [5, 5.41) is 3.84. The van der Waals surface area contributed by atoms with E-state index in [1.807, 2.05) is 0 Å². The Balaban J connectivity index is 1.96. The average molecular weight is 259 g/mol. The highest BCUT2D eigenvalue weighted by molar-refractivity contribution is 5.23. The molecule has 1 heteroatoms. The molecule has 0 radical (unpaired) electrons. The van der Waals surface area contributed by atoms with Crippen LogP contribution in [-0.2, 0) is 0 Å². The number of aryl methyl sites for hydroxylation is 1. The summed E-state index contributed by atoms with van der Waals surface area (Å²) in [6.45, 7) is 11.6. The Labute approximate surface area is 118 Å².